The highest BCUT2D eigenvalue weighted by Gasteiger charge is 2.09. The molecule has 0 amide bonds. The van der Waals surface area contributed by atoms with Crippen LogP contribution >= 0.6 is 0 Å². The molecule has 0 N–H and O–H groups in total. The minimum Gasteiger partial charge on any atom is -0.497 e. The van der Waals surface area contributed by atoms with E-state index in [1.807, 2.05) is 0 Å². The lowest BCUT2D eigenvalue weighted by molar-refractivity contribution is 0.415. The van der Waals surface area contributed by atoms with Gasteiger partial charge in [-0.05, 0) is 24.3 Å². The third kappa shape index (κ3) is 1.91. The largest absolute Gasteiger partial charge is 0.497 e. The van der Waals surface area contributed by atoms with Crippen molar-refractivity contribution in [1.29, 1.82) is 0 Å². The van der Waals surface area contributed by atoms with Crippen LogP contribution in [0.5, 0.6) is 5.75 Å². The summed E-state index contributed by atoms with van der Waals surface area (Å²) in [5.74, 6) is 0.696. The minimum atomic E-state index is -0.318. The molecule has 0 aliphatic carbocycles. The van der Waals surface area contributed by atoms with Crippen molar-refractivity contribution in [2.24, 2.45) is 4.99 Å². The highest BCUT2D eigenvalue weighted by molar-refractivity contribution is 5.83. The molecule has 0 aliphatic heterocycles. The van der Waals surface area contributed by atoms with Gasteiger partial charge >= 0.3 is 0 Å². The average Bonchev–Trinajstić information content (AvgIpc) is 2.74. The van der Waals surface area contributed by atoms with Gasteiger partial charge < -0.3 is 4.74 Å². The van der Waals surface area contributed by atoms with E-state index in [-0.39, 0.29) is 16.2 Å². The maximum Gasteiger partial charge on any atom is 0.216 e. The summed E-state index contributed by atoms with van der Waals surface area (Å²) in [6, 6.07) is 13.6. The quantitative estimate of drug-likeness (QED) is 0.708. The van der Waals surface area contributed by atoms with Crippen LogP contribution in [0, 0.1) is 0 Å². The van der Waals surface area contributed by atoms with Gasteiger partial charge in [0, 0.05) is 10.8 Å². The monoisotopic (exact) mass is 265 g/mol. The second-order valence-electron chi connectivity index (χ2n) is 4.36. The van der Waals surface area contributed by atoms with Crippen LogP contribution in [0.25, 0.3) is 10.8 Å². The number of fused-ring (bicyclic) bond motifs is 1. The van der Waals surface area contributed by atoms with Crippen molar-refractivity contribution in [3.63, 3.8) is 0 Å². The van der Waals surface area contributed by atoms with Gasteiger partial charge in [-0.1, -0.05) is 24.3 Å². The van der Waals surface area contributed by atoms with Crippen LogP contribution < -0.4 is 21.0 Å². The molecule has 0 spiro atoms. The molecule has 0 heterocycles. The second kappa shape index (κ2) is 4.74. The fourth-order valence-electron chi connectivity index (χ4n) is 2.12. The predicted molar refractivity (Wildman–Crippen MR) is 77.1 cm³/mol. The molecular weight excluding hydrogens is 254 g/mol. The maximum absolute atomic E-state index is 12.2. The third-order valence-electron chi connectivity index (χ3n) is 3.16. The fourth-order valence-corrected chi connectivity index (χ4v) is 2.12. The number of methoxy groups -OCH3 is 1. The Kier molecular flexibility index (Phi) is 2.91. The molecule has 0 saturated carbocycles. The first-order chi connectivity index (χ1) is 9.70. The van der Waals surface area contributed by atoms with Gasteiger partial charge in [0.1, 0.15) is 5.75 Å². The van der Waals surface area contributed by atoms with Crippen LogP contribution in [0.15, 0.2) is 63.1 Å². The molecule has 98 valence electrons. The second-order valence-corrected chi connectivity index (χ2v) is 4.36. The lowest BCUT2D eigenvalue weighted by Crippen LogP contribution is -2.31. The summed E-state index contributed by atoms with van der Waals surface area (Å²) in [5, 5.41) is 0.811. The van der Waals surface area contributed by atoms with Gasteiger partial charge in [-0.25, -0.2) is 4.99 Å². The Morgan fingerprint density at radius 3 is 1.90 bits per heavy atom. The fraction of sp³-hybridized carbons (Fsp3) is 0.0625. The first-order valence-electron chi connectivity index (χ1n) is 6.12. The van der Waals surface area contributed by atoms with Crippen LogP contribution in [0.1, 0.15) is 0 Å². The van der Waals surface area contributed by atoms with Gasteiger partial charge in [0.2, 0.25) is 10.9 Å². The molecule has 0 radical (unpaired) electrons. The summed E-state index contributed by atoms with van der Waals surface area (Å²) < 4.78 is 5.05. The summed E-state index contributed by atoms with van der Waals surface area (Å²) in [7, 11) is 1.57. The van der Waals surface area contributed by atoms with E-state index in [1.54, 1.807) is 55.6 Å². The zero-order valence-corrected chi connectivity index (χ0v) is 10.8. The number of ether oxygens (including phenoxy) is 1. The Hall–Kier alpha value is -2.75. The van der Waals surface area contributed by atoms with Crippen LogP contribution in [0.3, 0.4) is 0 Å². The first-order valence-corrected chi connectivity index (χ1v) is 6.12. The van der Waals surface area contributed by atoms with E-state index in [2.05, 4.69) is 4.99 Å². The summed E-state index contributed by atoms with van der Waals surface area (Å²) in [5.41, 5.74) is -0.0851. The highest BCUT2D eigenvalue weighted by atomic mass is 16.5. The number of benzene rings is 2. The average molecular weight is 265 g/mol. The van der Waals surface area contributed by atoms with Crippen molar-refractivity contribution < 1.29 is 4.74 Å². The van der Waals surface area contributed by atoms with Crippen molar-refractivity contribution >= 4 is 16.5 Å². The predicted octanol–water partition coefficient (Wildman–Crippen LogP) is 1.68. The third-order valence-corrected chi connectivity index (χ3v) is 3.16. The Morgan fingerprint density at radius 2 is 1.40 bits per heavy atom. The van der Waals surface area contributed by atoms with E-state index in [0.29, 0.717) is 22.2 Å². The maximum atomic E-state index is 12.2. The smallest absolute Gasteiger partial charge is 0.216 e. The van der Waals surface area contributed by atoms with E-state index < -0.39 is 0 Å². The number of rotatable bonds is 2. The van der Waals surface area contributed by atoms with Gasteiger partial charge in [-0.2, -0.15) is 0 Å². The molecule has 0 unspecified atom stereocenters. The molecule has 0 saturated heterocycles. The van der Waals surface area contributed by atoms with Crippen molar-refractivity contribution in [3.05, 3.63) is 74.3 Å². The van der Waals surface area contributed by atoms with Gasteiger partial charge in [-0.3, -0.25) is 9.59 Å². The van der Waals surface area contributed by atoms with E-state index in [1.165, 1.54) is 0 Å². The van der Waals surface area contributed by atoms with Crippen molar-refractivity contribution in [2.75, 3.05) is 7.11 Å². The van der Waals surface area contributed by atoms with E-state index >= 15 is 0 Å². The van der Waals surface area contributed by atoms with Crippen LogP contribution in [-0.2, 0) is 0 Å². The lowest BCUT2D eigenvalue weighted by atomic mass is 10.2. The van der Waals surface area contributed by atoms with E-state index in [0.717, 1.165) is 0 Å². The minimum absolute atomic E-state index is 0.0311. The summed E-state index contributed by atoms with van der Waals surface area (Å²) in [4.78, 5) is 28.5. The molecule has 4 nitrogen and oxygen atoms in total. The Labute approximate surface area is 114 Å². The molecular formula is C16H11NO3. The molecule has 0 bridgehead atoms. The Bertz CT molecular complexity index is 867. The molecule has 4 heteroatoms. The van der Waals surface area contributed by atoms with Crippen molar-refractivity contribution in [2.45, 2.75) is 0 Å². The number of hydrogen-bond acceptors (Lipinski definition) is 4. The summed E-state index contributed by atoms with van der Waals surface area (Å²) in [6.45, 7) is 0. The molecule has 0 aromatic heterocycles. The summed E-state index contributed by atoms with van der Waals surface area (Å²) in [6.07, 6.45) is 0. The molecule has 20 heavy (non-hydrogen) atoms. The van der Waals surface area contributed by atoms with Gasteiger partial charge in [-0.15, -0.1) is 0 Å². The van der Waals surface area contributed by atoms with Gasteiger partial charge in [0.05, 0.1) is 12.8 Å². The first kappa shape index (κ1) is 12.3. The van der Waals surface area contributed by atoms with Crippen molar-refractivity contribution in [3.8, 4) is 5.75 Å². The molecule has 0 aliphatic rings. The SMILES string of the molecule is COc1ccc(N=c2c(=O)c3ccccc3c2=O)cc1. The zero-order chi connectivity index (χ0) is 14.1. The summed E-state index contributed by atoms with van der Waals surface area (Å²) >= 11 is 0. The number of nitrogens with zero attached hydrogens (tertiary/aromatic N) is 1. The number of hydrogen-bond donors (Lipinski definition) is 0. The van der Waals surface area contributed by atoms with Crippen molar-refractivity contribution in [1.82, 2.24) is 0 Å². The molecule has 3 aromatic carbocycles. The van der Waals surface area contributed by atoms with E-state index in [9.17, 15) is 9.59 Å². The van der Waals surface area contributed by atoms with Gasteiger partial charge in [0.15, 0.2) is 5.36 Å². The van der Waals surface area contributed by atoms with E-state index in [4.69, 9.17) is 4.74 Å². The lowest BCUT2D eigenvalue weighted by Gasteiger charge is -1.97. The molecule has 3 aromatic rings. The Balaban J connectivity index is 2.25. The topological polar surface area (TPSA) is 55.7 Å². The van der Waals surface area contributed by atoms with Gasteiger partial charge in [0.25, 0.3) is 0 Å². The van der Waals surface area contributed by atoms with Crippen LogP contribution in [0.4, 0.5) is 5.69 Å². The molecule has 0 fully saturated rings. The van der Waals surface area contributed by atoms with Crippen LogP contribution in [-0.4, -0.2) is 7.11 Å². The van der Waals surface area contributed by atoms with Crippen LogP contribution in [0.2, 0.25) is 0 Å². The standard InChI is InChI=1S/C16H11NO3/c1-20-11-8-6-10(7-9-11)17-14-15(18)12-4-2-3-5-13(12)16(14)19/h2-9H,1H3. The molecule has 0 atom stereocenters. The molecule has 3 rings (SSSR count). The highest BCUT2D eigenvalue weighted by Crippen LogP contribution is 2.16. The zero-order valence-electron chi connectivity index (χ0n) is 10.8. The Morgan fingerprint density at radius 1 is 0.850 bits per heavy atom. The normalized spacial score (nSPS) is 10.7.